The quantitative estimate of drug-likeness (QED) is 0.530. The number of alkyl halides is 1. The summed E-state index contributed by atoms with van der Waals surface area (Å²) in [5, 5.41) is 0. The van der Waals surface area contributed by atoms with E-state index in [1.807, 2.05) is 6.92 Å². The molecular formula is C7H5Br3O2. The summed E-state index contributed by atoms with van der Waals surface area (Å²) in [6, 6.07) is 0. The summed E-state index contributed by atoms with van der Waals surface area (Å²) in [5.74, 6) is 0.215. The summed E-state index contributed by atoms with van der Waals surface area (Å²) >= 11 is 9.62. The van der Waals surface area contributed by atoms with Gasteiger partial charge in [0.25, 0.3) is 0 Å². The number of rotatable bonds is 1. The molecule has 0 unspecified atom stereocenters. The zero-order chi connectivity index (χ0) is 9.30. The van der Waals surface area contributed by atoms with E-state index in [9.17, 15) is 4.79 Å². The van der Waals surface area contributed by atoms with Gasteiger partial charge in [-0.2, -0.15) is 0 Å². The molecule has 1 rings (SSSR count). The van der Waals surface area contributed by atoms with Crippen molar-refractivity contribution in [2.75, 3.05) is 0 Å². The molecule has 0 amide bonds. The number of halogens is 3. The Labute approximate surface area is 95.4 Å². The minimum atomic E-state index is -0.300. The second kappa shape index (κ2) is 4.07. The predicted molar refractivity (Wildman–Crippen MR) is 57.4 cm³/mol. The topological polar surface area (TPSA) is 26.3 Å². The van der Waals surface area contributed by atoms with Gasteiger partial charge in [0.2, 0.25) is 0 Å². The fraction of sp³-hybridized carbons (Fsp3) is 0.286. The van der Waals surface area contributed by atoms with Gasteiger partial charge in [-0.25, -0.2) is 4.79 Å². The first-order chi connectivity index (χ1) is 5.52. The van der Waals surface area contributed by atoms with Crippen LogP contribution in [0.1, 0.15) is 6.92 Å². The lowest BCUT2D eigenvalue weighted by molar-refractivity contribution is -0.133. The van der Waals surface area contributed by atoms with Gasteiger partial charge in [0.15, 0.2) is 5.76 Å². The largest absolute Gasteiger partial charge is 0.421 e. The summed E-state index contributed by atoms with van der Waals surface area (Å²) in [6.07, 6.45) is 1.70. The molecule has 0 bridgehead atoms. The molecule has 1 aliphatic heterocycles. The molecule has 1 heterocycles. The van der Waals surface area contributed by atoms with Crippen molar-refractivity contribution in [3.05, 3.63) is 20.8 Å². The number of ether oxygens (including phenoxy) is 1. The molecule has 0 aromatic carbocycles. The zero-order valence-electron chi connectivity index (χ0n) is 6.11. The lowest BCUT2D eigenvalue weighted by Crippen LogP contribution is -2.06. The van der Waals surface area contributed by atoms with Gasteiger partial charge >= 0.3 is 5.97 Å². The zero-order valence-corrected chi connectivity index (χ0v) is 10.9. The van der Waals surface area contributed by atoms with E-state index >= 15 is 0 Å². The van der Waals surface area contributed by atoms with Gasteiger partial charge in [0, 0.05) is 4.83 Å². The Balaban J connectivity index is 2.97. The normalized spacial score (nSPS) is 18.8. The van der Waals surface area contributed by atoms with E-state index in [4.69, 9.17) is 4.74 Å². The molecular weight excluding hydrogens is 356 g/mol. The molecule has 0 radical (unpaired) electrons. The van der Waals surface area contributed by atoms with Gasteiger partial charge in [0.05, 0.1) is 5.57 Å². The van der Waals surface area contributed by atoms with E-state index in [1.165, 1.54) is 0 Å². The average Bonchev–Trinajstić information content (AvgIpc) is 2.30. The third-order valence-corrected chi connectivity index (χ3v) is 2.61. The van der Waals surface area contributed by atoms with Crippen LogP contribution in [0.15, 0.2) is 20.8 Å². The summed E-state index contributed by atoms with van der Waals surface area (Å²) in [4.78, 5) is 11.1. The Morgan fingerprint density at radius 2 is 2.17 bits per heavy atom. The summed E-state index contributed by atoms with van der Waals surface area (Å²) in [5.41, 5.74) is 0.626. The predicted octanol–water partition coefficient (Wildman–Crippen LogP) is 3.21. The van der Waals surface area contributed by atoms with Gasteiger partial charge < -0.3 is 4.74 Å². The Morgan fingerprint density at radius 1 is 1.58 bits per heavy atom. The van der Waals surface area contributed by atoms with E-state index in [1.54, 1.807) is 6.08 Å². The van der Waals surface area contributed by atoms with Crippen LogP contribution in [0, 0.1) is 0 Å². The van der Waals surface area contributed by atoms with Crippen LogP contribution >= 0.6 is 47.8 Å². The Hall–Kier alpha value is 0.390. The van der Waals surface area contributed by atoms with Crippen LogP contribution < -0.4 is 0 Å². The highest BCUT2D eigenvalue weighted by atomic mass is 79.9. The number of hydrogen-bond acceptors (Lipinski definition) is 2. The molecule has 0 N–H and O–H groups in total. The maximum Gasteiger partial charge on any atom is 0.340 e. The average molecular weight is 361 g/mol. The standard InChI is InChI=1S/C7H5Br3O2/c1-3(8)4-2-5(6(9)10)12-7(4)11/h2-3H,1H3/t3-/m1/s1. The third-order valence-electron chi connectivity index (χ3n) is 1.34. The first kappa shape index (κ1) is 10.5. The van der Waals surface area contributed by atoms with Crippen molar-refractivity contribution in [3.8, 4) is 0 Å². The minimum Gasteiger partial charge on any atom is -0.421 e. The molecule has 1 atom stereocenters. The van der Waals surface area contributed by atoms with E-state index in [-0.39, 0.29) is 10.8 Å². The van der Waals surface area contributed by atoms with E-state index in [0.29, 0.717) is 14.7 Å². The molecule has 0 saturated carbocycles. The minimum absolute atomic E-state index is 0.0156. The Bertz CT molecular complexity index is 274. The fourth-order valence-electron chi connectivity index (χ4n) is 0.759. The highest BCUT2D eigenvalue weighted by molar-refractivity contribution is 9.28. The van der Waals surface area contributed by atoms with E-state index < -0.39 is 0 Å². The van der Waals surface area contributed by atoms with Crippen LogP contribution in [0.5, 0.6) is 0 Å². The van der Waals surface area contributed by atoms with Crippen molar-refractivity contribution in [1.82, 2.24) is 0 Å². The maximum atomic E-state index is 11.1. The molecule has 5 heteroatoms. The number of allylic oxidation sites excluding steroid dienone is 1. The summed E-state index contributed by atoms with van der Waals surface area (Å²) < 4.78 is 5.57. The SMILES string of the molecule is C[C@@H](Br)C1=CC(=C(Br)Br)OC1=O. The summed E-state index contributed by atoms with van der Waals surface area (Å²) in [6.45, 7) is 1.87. The van der Waals surface area contributed by atoms with Gasteiger partial charge in [-0.15, -0.1) is 0 Å². The monoisotopic (exact) mass is 358 g/mol. The fourth-order valence-corrected chi connectivity index (χ4v) is 1.47. The van der Waals surface area contributed by atoms with Crippen molar-refractivity contribution in [3.63, 3.8) is 0 Å². The molecule has 12 heavy (non-hydrogen) atoms. The van der Waals surface area contributed by atoms with E-state index in [2.05, 4.69) is 47.8 Å². The number of esters is 1. The Morgan fingerprint density at radius 3 is 2.42 bits per heavy atom. The van der Waals surface area contributed by atoms with Crippen molar-refractivity contribution in [2.24, 2.45) is 0 Å². The molecule has 0 spiro atoms. The molecule has 0 saturated heterocycles. The lowest BCUT2D eigenvalue weighted by atomic mass is 10.2. The highest BCUT2D eigenvalue weighted by Gasteiger charge is 2.25. The molecule has 66 valence electrons. The van der Waals surface area contributed by atoms with Gasteiger partial charge in [-0.1, -0.05) is 15.9 Å². The van der Waals surface area contributed by atoms with Crippen molar-refractivity contribution < 1.29 is 9.53 Å². The smallest absolute Gasteiger partial charge is 0.340 e. The second-order valence-corrected chi connectivity index (χ2v) is 6.25. The number of carbonyl (C=O) groups is 1. The van der Waals surface area contributed by atoms with Crippen molar-refractivity contribution in [1.29, 1.82) is 0 Å². The van der Waals surface area contributed by atoms with Crippen LogP contribution in [0.25, 0.3) is 0 Å². The van der Waals surface area contributed by atoms with Crippen LogP contribution in [-0.2, 0) is 9.53 Å². The number of cyclic esters (lactones) is 1. The molecule has 2 nitrogen and oxygen atoms in total. The molecule has 0 aliphatic carbocycles. The van der Waals surface area contributed by atoms with Crippen molar-refractivity contribution >= 4 is 53.8 Å². The lowest BCUT2D eigenvalue weighted by Gasteiger charge is -1.98. The molecule has 0 aromatic heterocycles. The first-order valence-corrected chi connectivity index (χ1v) is 5.65. The maximum absolute atomic E-state index is 11.1. The van der Waals surface area contributed by atoms with Gasteiger partial charge in [-0.3, -0.25) is 0 Å². The van der Waals surface area contributed by atoms with Crippen LogP contribution in [0.2, 0.25) is 0 Å². The van der Waals surface area contributed by atoms with Crippen molar-refractivity contribution in [2.45, 2.75) is 11.8 Å². The molecule has 0 aromatic rings. The summed E-state index contributed by atoms with van der Waals surface area (Å²) in [7, 11) is 0. The van der Waals surface area contributed by atoms with Gasteiger partial charge in [0.1, 0.15) is 3.39 Å². The van der Waals surface area contributed by atoms with Crippen LogP contribution in [-0.4, -0.2) is 10.8 Å². The molecule has 0 fully saturated rings. The van der Waals surface area contributed by atoms with E-state index in [0.717, 1.165) is 0 Å². The first-order valence-electron chi connectivity index (χ1n) is 3.15. The molecule has 1 aliphatic rings. The van der Waals surface area contributed by atoms with Crippen LogP contribution in [0.3, 0.4) is 0 Å². The third kappa shape index (κ3) is 2.20. The number of carbonyl (C=O) groups excluding carboxylic acids is 1. The second-order valence-electron chi connectivity index (χ2n) is 2.23. The van der Waals surface area contributed by atoms with Crippen LogP contribution in [0.4, 0.5) is 0 Å². The Kier molecular flexibility index (Phi) is 3.55. The number of hydrogen-bond donors (Lipinski definition) is 0. The van der Waals surface area contributed by atoms with Gasteiger partial charge in [-0.05, 0) is 44.9 Å². The highest BCUT2D eigenvalue weighted by Crippen LogP contribution is 2.30.